The smallest absolute Gasteiger partial charge is 0.171 e. The highest BCUT2D eigenvalue weighted by atomic mass is 15.2. The maximum Gasteiger partial charge on any atom is 0.171 e. The molecule has 0 aliphatic carbocycles. The number of pyridine rings is 2. The highest BCUT2D eigenvalue weighted by Gasteiger charge is 1.96. The molecule has 2 rings (SSSR count). The Labute approximate surface area is 98.8 Å². The van der Waals surface area contributed by atoms with Gasteiger partial charge in [-0.1, -0.05) is 12.1 Å². The molecule has 0 bridgehead atoms. The zero-order valence-corrected chi connectivity index (χ0v) is 9.06. The van der Waals surface area contributed by atoms with E-state index in [0.717, 1.165) is 5.69 Å². The van der Waals surface area contributed by atoms with Crippen molar-refractivity contribution in [3.05, 3.63) is 60.2 Å². The third-order valence-electron chi connectivity index (χ3n) is 1.97. The Hall–Kier alpha value is -2.56. The molecule has 0 fully saturated rings. The molecule has 0 aromatic carbocycles. The van der Waals surface area contributed by atoms with E-state index in [0.29, 0.717) is 5.69 Å². The van der Waals surface area contributed by atoms with Gasteiger partial charge in [0.2, 0.25) is 0 Å². The molecule has 2 N–H and O–H groups in total. The molecule has 0 radical (unpaired) electrons. The Bertz CT molecular complexity index is 519. The second-order valence-corrected chi connectivity index (χ2v) is 3.20. The fraction of sp³-hybridized carbons (Fsp3) is 0. The largest absolute Gasteiger partial charge is 0.380 e. The van der Waals surface area contributed by atoms with E-state index in [4.69, 9.17) is 5.73 Å². The van der Waals surface area contributed by atoms with Crippen LogP contribution in [0.15, 0.2) is 59.0 Å². The zero-order valence-electron chi connectivity index (χ0n) is 9.06. The molecule has 84 valence electrons. The average Bonchev–Trinajstić information content (AvgIpc) is 2.41. The van der Waals surface area contributed by atoms with Crippen LogP contribution in [0.3, 0.4) is 0 Å². The van der Waals surface area contributed by atoms with Crippen LogP contribution in [0.2, 0.25) is 0 Å². The highest BCUT2D eigenvalue weighted by molar-refractivity contribution is 5.95. The molecule has 0 spiro atoms. The molecule has 0 aliphatic heterocycles. The van der Waals surface area contributed by atoms with Gasteiger partial charge in [-0.15, -0.1) is 5.10 Å². The topological polar surface area (TPSA) is 76.5 Å². The van der Waals surface area contributed by atoms with E-state index in [1.807, 2.05) is 30.3 Å². The summed E-state index contributed by atoms with van der Waals surface area (Å²) in [6, 6.07) is 11.0. The van der Waals surface area contributed by atoms with E-state index in [2.05, 4.69) is 20.2 Å². The lowest BCUT2D eigenvalue weighted by Crippen LogP contribution is -2.14. The van der Waals surface area contributed by atoms with Crippen molar-refractivity contribution < 1.29 is 0 Å². The molecular formula is C12H11N5. The van der Waals surface area contributed by atoms with Gasteiger partial charge in [0.1, 0.15) is 5.69 Å². The molecule has 5 nitrogen and oxygen atoms in total. The number of nitrogens with zero attached hydrogens (tertiary/aromatic N) is 4. The lowest BCUT2D eigenvalue weighted by molar-refractivity contribution is 1.19. The van der Waals surface area contributed by atoms with Gasteiger partial charge in [-0.3, -0.25) is 9.97 Å². The minimum absolute atomic E-state index is 0.276. The molecule has 5 heteroatoms. The molecule has 0 amide bonds. The molecule has 2 aromatic rings. The van der Waals surface area contributed by atoms with Gasteiger partial charge in [-0.25, -0.2) is 0 Å². The van der Waals surface area contributed by atoms with Gasteiger partial charge in [-0.2, -0.15) is 5.10 Å². The third kappa shape index (κ3) is 3.20. The van der Waals surface area contributed by atoms with E-state index in [1.54, 1.807) is 18.5 Å². The van der Waals surface area contributed by atoms with Crippen LogP contribution >= 0.6 is 0 Å². The predicted molar refractivity (Wildman–Crippen MR) is 66.8 cm³/mol. The summed E-state index contributed by atoms with van der Waals surface area (Å²) in [4.78, 5) is 8.13. The highest BCUT2D eigenvalue weighted by Crippen LogP contribution is 1.93. The van der Waals surface area contributed by atoms with Crippen LogP contribution in [0.5, 0.6) is 0 Å². The van der Waals surface area contributed by atoms with Crippen molar-refractivity contribution in [3.63, 3.8) is 0 Å². The minimum atomic E-state index is 0.276. The fourth-order valence-corrected chi connectivity index (χ4v) is 1.17. The predicted octanol–water partition coefficient (Wildman–Crippen LogP) is 1.22. The second kappa shape index (κ2) is 5.50. The molecule has 0 atom stereocenters. The monoisotopic (exact) mass is 225 g/mol. The van der Waals surface area contributed by atoms with Crippen LogP contribution < -0.4 is 5.73 Å². The van der Waals surface area contributed by atoms with E-state index in [1.165, 1.54) is 6.21 Å². The summed E-state index contributed by atoms with van der Waals surface area (Å²) in [6.07, 6.45) is 4.88. The van der Waals surface area contributed by atoms with Crippen molar-refractivity contribution in [2.45, 2.75) is 0 Å². The standard InChI is InChI=1S/C12H11N5/c13-12(11-6-2-4-8-15-11)17-16-9-10-5-1-3-7-14-10/h1-9H,(H2,13,17). The number of amidine groups is 1. The molecule has 0 unspecified atom stereocenters. The first kappa shape index (κ1) is 10.9. The number of hydrogen-bond donors (Lipinski definition) is 1. The number of rotatable bonds is 3. The van der Waals surface area contributed by atoms with Gasteiger partial charge in [0.15, 0.2) is 5.84 Å². The maximum absolute atomic E-state index is 5.71. The van der Waals surface area contributed by atoms with Crippen molar-refractivity contribution in [1.82, 2.24) is 9.97 Å². The molecule has 0 saturated heterocycles. The zero-order chi connectivity index (χ0) is 11.9. The van der Waals surface area contributed by atoms with Crippen molar-refractivity contribution in [3.8, 4) is 0 Å². The van der Waals surface area contributed by atoms with Crippen LogP contribution in [-0.2, 0) is 0 Å². The van der Waals surface area contributed by atoms with Gasteiger partial charge < -0.3 is 5.73 Å². The van der Waals surface area contributed by atoms with Crippen LogP contribution in [0.4, 0.5) is 0 Å². The summed E-state index contributed by atoms with van der Waals surface area (Å²) in [7, 11) is 0. The van der Waals surface area contributed by atoms with Gasteiger partial charge in [0.25, 0.3) is 0 Å². The summed E-state index contributed by atoms with van der Waals surface area (Å²) in [5, 5.41) is 7.70. The van der Waals surface area contributed by atoms with Crippen LogP contribution in [0.25, 0.3) is 0 Å². The Morgan fingerprint density at radius 3 is 2.47 bits per heavy atom. The average molecular weight is 225 g/mol. The summed E-state index contributed by atoms with van der Waals surface area (Å²) >= 11 is 0. The second-order valence-electron chi connectivity index (χ2n) is 3.20. The first-order chi connectivity index (χ1) is 8.36. The number of nitrogens with two attached hydrogens (primary N) is 1. The molecule has 2 aromatic heterocycles. The third-order valence-corrected chi connectivity index (χ3v) is 1.97. The Balaban J connectivity index is 2.09. The normalized spacial score (nSPS) is 11.9. The number of aromatic nitrogens is 2. The van der Waals surface area contributed by atoms with Crippen molar-refractivity contribution in [2.24, 2.45) is 15.9 Å². The van der Waals surface area contributed by atoms with Gasteiger partial charge >= 0.3 is 0 Å². The SMILES string of the molecule is N/C(=N\N=Cc1ccccn1)c1ccccn1. The minimum Gasteiger partial charge on any atom is -0.380 e. The van der Waals surface area contributed by atoms with Crippen molar-refractivity contribution >= 4 is 12.1 Å². The maximum atomic E-state index is 5.71. The van der Waals surface area contributed by atoms with Crippen LogP contribution in [0.1, 0.15) is 11.4 Å². The Morgan fingerprint density at radius 1 is 1.06 bits per heavy atom. The first-order valence-electron chi connectivity index (χ1n) is 5.05. The summed E-state index contributed by atoms with van der Waals surface area (Å²) in [6.45, 7) is 0. The summed E-state index contributed by atoms with van der Waals surface area (Å²) in [5.41, 5.74) is 7.04. The quantitative estimate of drug-likeness (QED) is 0.484. The lowest BCUT2D eigenvalue weighted by Gasteiger charge is -1.95. The Kier molecular flexibility index (Phi) is 3.54. The first-order valence-corrected chi connectivity index (χ1v) is 5.05. The summed E-state index contributed by atoms with van der Waals surface area (Å²) in [5.74, 6) is 0.276. The van der Waals surface area contributed by atoms with Crippen molar-refractivity contribution in [2.75, 3.05) is 0 Å². The lowest BCUT2D eigenvalue weighted by atomic mass is 10.3. The fourth-order valence-electron chi connectivity index (χ4n) is 1.17. The van der Waals surface area contributed by atoms with Crippen molar-refractivity contribution in [1.29, 1.82) is 0 Å². The molecule has 17 heavy (non-hydrogen) atoms. The molecular weight excluding hydrogens is 214 g/mol. The van der Waals surface area contributed by atoms with E-state index in [-0.39, 0.29) is 5.84 Å². The van der Waals surface area contributed by atoms with E-state index < -0.39 is 0 Å². The Morgan fingerprint density at radius 2 is 1.82 bits per heavy atom. The molecule has 2 heterocycles. The van der Waals surface area contributed by atoms with Gasteiger partial charge in [-0.05, 0) is 24.3 Å². The molecule has 0 aliphatic rings. The van der Waals surface area contributed by atoms with Gasteiger partial charge in [0.05, 0.1) is 11.9 Å². The van der Waals surface area contributed by atoms with E-state index >= 15 is 0 Å². The van der Waals surface area contributed by atoms with Crippen LogP contribution in [0, 0.1) is 0 Å². The van der Waals surface area contributed by atoms with Crippen LogP contribution in [-0.4, -0.2) is 22.0 Å². The molecule has 0 saturated carbocycles. The van der Waals surface area contributed by atoms with E-state index in [9.17, 15) is 0 Å². The summed E-state index contributed by atoms with van der Waals surface area (Å²) < 4.78 is 0. The number of hydrogen-bond acceptors (Lipinski definition) is 4. The van der Waals surface area contributed by atoms with Gasteiger partial charge in [0, 0.05) is 12.4 Å².